The van der Waals surface area contributed by atoms with Gasteiger partial charge in [0.25, 0.3) is 15.9 Å². The van der Waals surface area contributed by atoms with E-state index >= 15 is 0 Å². The standard InChI is InChI=1S/C26H24FN5O3S/c27-22-17-21(26(33)32-15-13-31(14-16-32)18-19-8-11-28-12-9-19)6-7-23(22)30-36(34,35)24-5-1-3-20-4-2-10-29-25(20)24/h1-12,17,30H,13-16,18H2. The van der Waals surface area contributed by atoms with E-state index in [9.17, 15) is 17.6 Å². The number of fused-ring (bicyclic) bond motifs is 1. The summed E-state index contributed by atoms with van der Waals surface area (Å²) in [5.41, 5.74) is 1.39. The minimum absolute atomic E-state index is 0.0511. The first-order valence-electron chi connectivity index (χ1n) is 11.5. The van der Waals surface area contributed by atoms with Crippen molar-refractivity contribution < 1.29 is 17.6 Å². The molecule has 5 rings (SSSR count). The van der Waals surface area contributed by atoms with Crippen LogP contribution in [0.15, 0.2) is 84.1 Å². The average Bonchev–Trinajstić information content (AvgIpc) is 2.90. The number of carbonyl (C=O) groups is 1. The molecular formula is C26H24FN5O3S. The number of nitrogens with zero attached hydrogens (tertiary/aromatic N) is 4. The molecule has 1 aliphatic rings. The molecule has 8 nitrogen and oxygen atoms in total. The maximum absolute atomic E-state index is 14.9. The number of carbonyl (C=O) groups excluding carboxylic acids is 1. The number of sulfonamides is 1. The van der Waals surface area contributed by atoms with Crippen LogP contribution < -0.4 is 4.72 Å². The average molecular weight is 506 g/mol. The predicted octanol–water partition coefficient (Wildman–Crippen LogP) is 3.53. The fourth-order valence-electron chi connectivity index (χ4n) is 4.26. The Labute approximate surface area is 208 Å². The fourth-order valence-corrected chi connectivity index (χ4v) is 5.51. The molecule has 3 heterocycles. The van der Waals surface area contributed by atoms with Gasteiger partial charge in [0.2, 0.25) is 0 Å². The molecule has 10 heteroatoms. The lowest BCUT2D eigenvalue weighted by atomic mass is 10.1. The van der Waals surface area contributed by atoms with Crippen molar-refractivity contribution in [2.45, 2.75) is 11.4 Å². The number of hydrogen-bond donors (Lipinski definition) is 1. The van der Waals surface area contributed by atoms with Crippen LogP contribution in [0.4, 0.5) is 10.1 Å². The molecular weight excluding hydrogens is 481 g/mol. The van der Waals surface area contributed by atoms with Gasteiger partial charge in [-0.25, -0.2) is 12.8 Å². The van der Waals surface area contributed by atoms with Crippen LogP contribution in [0.3, 0.4) is 0 Å². The Bertz CT molecular complexity index is 1500. The van der Waals surface area contributed by atoms with E-state index < -0.39 is 15.8 Å². The number of pyridine rings is 2. The monoisotopic (exact) mass is 505 g/mol. The number of amides is 1. The van der Waals surface area contributed by atoms with Gasteiger partial charge < -0.3 is 4.90 Å². The van der Waals surface area contributed by atoms with Crippen LogP contribution >= 0.6 is 0 Å². The molecule has 0 atom stereocenters. The number of piperazine rings is 1. The maximum atomic E-state index is 14.9. The molecule has 0 unspecified atom stereocenters. The summed E-state index contributed by atoms with van der Waals surface area (Å²) in [5.74, 6) is -1.11. The Morgan fingerprint density at radius 1 is 0.944 bits per heavy atom. The van der Waals surface area contributed by atoms with Gasteiger partial charge in [0.1, 0.15) is 10.7 Å². The van der Waals surface area contributed by atoms with Crippen molar-refractivity contribution in [1.29, 1.82) is 0 Å². The van der Waals surface area contributed by atoms with Crippen LogP contribution in [0, 0.1) is 5.82 Å². The number of aromatic nitrogens is 2. The van der Waals surface area contributed by atoms with Crippen molar-refractivity contribution in [1.82, 2.24) is 19.8 Å². The summed E-state index contributed by atoms with van der Waals surface area (Å²) in [6, 6.07) is 16.0. The zero-order valence-electron chi connectivity index (χ0n) is 19.3. The highest BCUT2D eigenvalue weighted by atomic mass is 32.2. The summed E-state index contributed by atoms with van der Waals surface area (Å²) in [7, 11) is -4.11. The van der Waals surface area contributed by atoms with Gasteiger partial charge in [-0.3, -0.25) is 24.4 Å². The second kappa shape index (κ2) is 10.00. The van der Waals surface area contributed by atoms with E-state index in [1.165, 1.54) is 24.4 Å². The van der Waals surface area contributed by atoms with E-state index in [0.717, 1.165) is 18.2 Å². The largest absolute Gasteiger partial charge is 0.336 e. The van der Waals surface area contributed by atoms with Gasteiger partial charge in [-0.2, -0.15) is 0 Å². The minimum atomic E-state index is -4.11. The third kappa shape index (κ3) is 5.05. The van der Waals surface area contributed by atoms with Crippen LogP contribution in [-0.4, -0.2) is 60.3 Å². The molecule has 184 valence electrons. The Hall–Kier alpha value is -3.89. The number of anilines is 1. The van der Waals surface area contributed by atoms with Gasteiger partial charge in [-0.1, -0.05) is 18.2 Å². The number of para-hydroxylation sites is 1. The third-order valence-electron chi connectivity index (χ3n) is 6.16. The number of hydrogen-bond acceptors (Lipinski definition) is 6. The van der Waals surface area contributed by atoms with Gasteiger partial charge in [0.05, 0.1) is 11.2 Å². The Morgan fingerprint density at radius 2 is 1.69 bits per heavy atom. The Morgan fingerprint density at radius 3 is 2.44 bits per heavy atom. The molecule has 1 N–H and O–H groups in total. The van der Waals surface area contributed by atoms with Crippen molar-refractivity contribution in [2.75, 3.05) is 30.9 Å². The molecule has 4 aromatic rings. The highest BCUT2D eigenvalue weighted by Gasteiger charge is 2.24. The summed E-state index contributed by atoms with van der Waals surface area (Å²) in [4.78, 5) is 25.0. The summed E-state index contributed by atoms with van der Waals surface area (Å²) < 4.78 is 43.2. The SMILES string of the molecule is O=C(c1ccc(NS(=O)(=O)c2cccc3cccnc23)c(F)c1)N1CCN(Cc2ccncc2)CC1. The first-order chi connectivity index (χ1) is 17.4. The molecule has 1 amide bonds. The number of benzene rings is 2. The molecule has 2 aromatic heterocycles. The van der Waals surface area contributed by atoms with Crippen molar-refractivity contribution >= 4 is 32.5 Å². The topological polar surface area (TPSA) is 95.5 Å². The summed E-state index contributed by atoms with van der Waals surface area (Å²) in [6.07, 6.45) is 5.01. The quantitative estimate of drug-likeness (QED) is 0.431. The predicted molar refractivity (Wildman–Crippen MR) is 134 cm³/mol. The van der Waals surface area contributed by atoms with Gasteiger partial charge in [-0.05, 0) is 48.0 Å². The minimum Gasteiger partial charge on any atom is -0.336 e. The molecule has 1 fully saturated rings. The second-order valence-electron chi connectivity index (χ2n) is 8.56. The highest BCUT2D eigenvalue weighted by molar-refractivity contribution is 7.93. The van der Waals surface area contributed by atoms with E-state index in [4.69, 9.17) is 0 Å². The summed E-state index contributed by atoms with van der Waals surface area (Å²) in [5, 5.41) is 0.655. The molecule has 36 heavy (non-hydrogen) atoms. The molecule has 1 saturated heterocycles. The number of halogens is 1. The lowest BCUT2D eigenvalue weighted by Crippen LogP contribution is -2.48. The van der Waals surface area contributed by atoms with Crippen molar-refractivity contribution in [3.63, 3.8) is 0 Å². The van der Waals surface area contributed by atoms with Crippen molar-refractivity contribution in [2.24, 2.45) is 0 Å². The van der Waals surface area contributed by atoms with Crippen LogP contribution in [-0.2, 0) is 16.6 Å². The fraction of sp³-hybridized carbons (Fsp3) is 0.192. The number of nitrogens with one attached hydrogen (secondary N) is 1. The van der Waals surface area contributed by atoms with E-state index in [-0.39, 0.29) is 22.1 Å². The van der Waals surface area contributed by atoms with Crippen molar-refractivity contribution in [3.05, 3.63) is 96.2 Å². The molecule has 1 aliphatic heterocycles. The smallest absolute Gasteiger partial charge is 0.264 e. The first kappa shape index (κ1) is 23.8. The second-order valence-corrected chi connectivity index (χ2v) is 10.2. The van der Waals surface area contributed by atoms with Crippen LogP contribution in [0.25, 0.3) is 10.9 Å². The molecule has 0 spiro atoms. The van der Waals surface area contributed by atoms with E-state index in [1.54, 1.807) is 41.6 Å². The lowest BCUT2D eigenvalue weighted by molar-refractivity contribution is 0.0628. The van der Waals surface area contributed by atoms with E-state index in [1.807, 2.05) is 12.1 Å². The van der Waals surface area contributed by atoms with Gasteiger partial charge >= 0.3 is 0 Å². The lowest BCUT2D eigenvalue weighted by Gasteiger charge is -2.34. The number of rotatable bonds is 6. The van der Waals surface area contributed by atoms with Crippen LogP contribution in [0.2, 0.25) is 0 Å². The summed E-state index contributed by atoms with van der Waals surface area (Å²) in [6.45, 7) is 3.23. The molecule has 0 saturated carbocycles. The van der Waals surface area contributed by atoms with E-state index in [0.29, 0.717) is 37.1 Å². The zero-order chi connectivity index (χ0) is 25.1. The molecule has 0 bridgehead atoms. The van der Waals surface area contributed by atoms with Crippen molar-refractivity contribution in [3.8, 4) is 0 Å². The summed E-state index contributed by atoms with van der Waals surface area (Å²) >= 11 is 0. The van der Waals surface area contributed by atoms with Gasteiger partial charge in [0.15, 0.2) is 0 Å². The van der Waals surface area contributed by atoms with E-state index in [2.05, 4.69) is 19.6 Å². The zero-order valence-corrected chi connectivity index (χ0v) is 20.2. The van der Waals surface area contributed by atoms with Crippen LogP contribution in [0.1, 0.15) is 15.9 Å². The Balaban J connectivity index is 1.26. The highest BCUT2D eigenvalue weighted by Crippen LogP contribution is 2.25. The van der Waals surface area contributed by atoms with Gasteiger partial charge in [0, 0.05) is 62.3 Å². The third-order valence-corrected chi connectivity index (χ3v) is 7.56. The molecule has 0 radical (unpaired) electrons. The molecule has 2 aromatic carbocycles. The maximum Gasteiger partial charge on any atom is 0.264 e. The normalized spacial score (nSPS) is 14.6. The first-order valence-corrected chi connectivity index (χ1v) is 13.0. The van der Waals surface area contributed by atoms with Crippen LogP contribution in [0.5, 0.6) is 0 Å². The molecule has 0 aliphatic carbocycles. The Kier molecular flexibility index (Phi) is 6.62. The van der Waals surface area contributed by atoms with Gasteiger partial charge in [-0.15, -0.1) is 0 Å².